The normalized spacial score (nSPS) is 10.4. The fourth-order valence-electron chi connectivity index (χ4n) is 2.13. The summed E-state index contributed by atoms with van der Waals surface area (Å²) in [6.07, 6.45) is 0. The monoisotopic (exact) mass is 348 g/mol. The zero-order valence-corrected chi connectivity index (χ0v) is 15.1. The highest BCUT2D eigenvalue weighted by molar-refractivity contribution is 8.22. The number of thiocarbonyl (C=S) groups is 1. The van der Waals surface area contributed by atoms with Gasteiger partial charge in [-0.05, 0) is 54.5 Å². The molecule has 0 amide bonds. The second kappa shape index (κ2) is 8.79. The van der Waals surface area contributed by atoms with Gasteiger partial charge in [0, 0.05) is 0 Å². The summed E-state index contributed by atoms with van der Waals surface area (Å²) in [7, 11) is 3.32. The first kappa shape index (κ1) is 17.6. The first-order valence-corrected chi connectivity index (χ1v) is 8.58. The highest BCUT2D eigenvalue weighted by atomic mass is 32.2. The van der Waals surface area contributed by atoms with Crippen LogP contribution in [0.3, 0.4) is 0 Å². The summed E-state index contributed by atoms with van der Waals surface area (Å²) in [5.74, 6) is 1.67. The van der Waals surface area contributed by atoms with E-state index in [2.05, 4.69) is 24.3 Å². The Morgan fingerprint density at radius 3 is 1.70 bits per heavy atom. The maximum Gasteiger partial charge on any atom is 0.220 e. The molecule has 0 radical (unpaired) electrons. The zero-order chi connectivity index (χ0) is 16.7. The standard InChI is InChI=1S/C18H20O3S2/c1-4-21-18(22)23-17(13-5-9-15(19-2)10-6-13)14-7-11-16(20-3)12-8-14/h5-12,17H,4H2,1-3H3. The number of ether oxygens (including phenoxy) is 3. The van der Waals surface area contributed by atoms with Gasteiger partial charge in [0.25, 0.3) is 0 Å². The average Bonchev–Trinajstić information content (AvgIpc) is 2.60. The zero-order valence-electron chi connectivity index (χ0n) is 13.4. The summed E-state index contributed by atoms with van der Waals surface area (Å²) in [6.45, 7) is 2.51. The lowest BCUT2D eigenvalue weighted by molar-refractivity contribution is 0.346. The lowest BCUT2D eigenvalue weighted by atomic mass is 10.0. The van der Waals surface area contributed by atoms with Crippen LogP contribution in [-0.4, -0.2) is 25.2 Å². The Hall–Kier alpha value is -1.72. The lowest BCUT2D eigenvalue weighted by Gasteiger charge is -2.18. The van der Waals surface area contributed by atoms with E-state index in [0.29, 0.717) is 11.0 Å². The van der Waals surface area contributed by atoms with Gasteiger partial charge in [0.1, 0.15) is 11.5 Å². The SMILES string of the molecule is CCOC(=S)SC(c1ccc(OC)cc1)c1ccc(OC)cc1. The van der Waals surface area contributed by atoms with Gasteiger partial charge in [-0.3, -0.25) is 0 Å². The molecule has 0 aliphatic carbocycles. The summed E-state index contributed by atoms with van der Waals surface area (Å²) in [4.78, 5) is 0. The highest BCUT2D eigenvalue weighted by Crippen LogP contribution is 2.38. The van der Waals surface area contributed by atoms with E-state index in [0.717, 1.165) is 22.6 Å². The van der Waals surface area contributed by atoms with Crippen molar-refractivity contribution in [3.8, 4) is 11.5 Å². The Morgan fingerprint density at radius 1 is 0.913 bits per heavy atom. The molecule has 0 saturated heterocycles. The van der Waals surface area contributed by atoms with E-state index >= 15 is 0 Å². The first-order valence-electron chi connectivity index (χ1n) is 7.29. The van der Waals surface area contributed by atoms with Crippen LogP contribution in [0.4, 0.5) is 0 Å². The Morgan fingerprint density at radius 2 is 1.35 bits per heavy atom. The molecule has 2 rings (SSSR count). The second-order valence-electron chi connectivity index (χ2n) is 4.73. The van der Waals surface area contributed by atoms with Crippen LogP contribution in [0.2, 0.25) is 0 Å². The summed E-state index contributed by atoms with van der Waals surface area (Å²) in [5.41, 5.74) is 2.28. The molecule has 0 saturated carbocycles. The Bertz CT molecular complexity index is 576. The molecule has 0 aromatic heterocycles. The van der Waals surface area contributed by atoms with E-state index in [1.807, 2.05) is 31.2 Å². The quantitative estimate of drug-likeness (QED) is 0.696. The topological polar surface area (TPSA) is 27.7 Å². The second-order valence-corrected chi connectivity index (χ2v) is 6.43. The summed E-state index contributed by atoms with van der Waals surface area (Å²) in [5, 5.41) is 0.0610. The van der Waals surface area contributed by atoms with Gasteiger partial charge in [-0.15, -0.1) is 0 Å². The molecule has 0 fully saturated rings. The van der Waals surface area contributed by atoms with Gasteiger partial charge in [0.15, 0.2) is 0 Å². The molecule has 0 aliphatic heterocycles. The molecular weight excluding hydrogens is 328 g/mol. The van der Waals surface area contributed by atoms with Crippen molar-refractivity contribution in [1.82, 2.24) is 0 Å². The molecule has 122 valence electrons. The molecule has 23 heavy (non-hydrogen) atoms. The largest absolute Gasteiger partial charge is 0.497 e. The lowest BCUT2D eigenvalue weighted by Crippen LogP contribution is -2.04. The number of hydrogen-bond donors (Lipinski definition) is 0. The van der Waals surface area contributed by atoms with E-state index in [-0.39, 0.29) is 5.25 Å². The molecule has 0 unspecified atom stereocenters. The Labute approximate surface area is 147 Å². The molecule has 0 bridgehead atoms. The molecule has 3 nitrogen and oxygen atoms in total. The minimum Gasteiger partial charge on any atom is -0.497 e. The van der Waals surface area contributed by atoms with Crippen molar-refractivity contribution in [2.75, 3.05) is 20.8 Å². The van der Waals surface area contributed by atoms with Crippen LogP contribution in [0.5, 0.6) is 11.5 Å². The molecule has 2 aromatic carbocycles. The molecule has 0 spiro atoms. The number of methoxy groups -OCH3 is 2. The van der Waals surface area contributed by atoms with Gasteiger partial charge >= 0.3 is 0 Å². The molecule has 0 heterocycles. The van der Waals surface area contributed by atoms with Gasteiger partial charge in [-0.25, -0.2) is 0 Å². The Balaban J connectivity index is 2.30. The van der Waals surface area contributed by atoms with E-state index in [9.17, 15) is 0 Å². The van der Waals surface area contributed by atoms with Crippen molar-refractivity contribution in [2.45, 2.75) is 12.2 Å². The van der Waals surface area contributed by atoms with E-state index < -0.39 is 0 Å². The third-order valence-corrected chi connectivity index (χ3v) is 4.81. The van der Waals surface area contributed by atoms with Crippen molar-refractivity contribution in [3.63, 3.8) is 0 Å². The van der Waals surface area contributed by atoms with Crippen molar-refractivity contribution < 1.29 is 14.2 Å². The van der Waals surface area contributed by atoms with Gasteiger partial charge in [0.2, 0.25) is 4.38 Å². The highest BCUT2D eigenvalue weighted by Gasteiger charge is 2.18. The van der Waals surface area contributed by atoms with Gasteiger partial charge in [-0.1, -0.05) is 36.0 Å². The number of rotatable bonds is 6. The summed E-state index contributed by atoms with van der Waals surface area (Å²) >= 11 is 6.85. The smallest absolute Gasteiger partial charge is 0.220 e. The maximum atomic E-state index is 5.45. The van der Waals surface area contributed by atoms with E-state index in [4.69, 9.17) is 26.4 Å². The van der Waals surface area contributed by atoms with Crippen molar-refractivity contribution in [2.24, 2.45) is 0 Å². The summed E-state index contributed by atoms with van der Waals surface area (Å²) < 4.78 is 16.5. The van der Waals surface area contributed by atoms with Crippen molar-refractivity contribution >= 4 is 28.4 Å². The fourth-order valence-corrected chi connectivity index (χ4v) is 3.51. The van der Waals surface area contributed by atoms with Crippen LogP contribution in [-0.2, 0) is 4.74 Å². The van der Waals surface area contributed by atoms with Crippen LogP contribution in [0.1, 0.15) is 23.3 Å². The number of hydrogen-bond acceptors (Lipinski definition) is 5. The molecular formula is C18H20O3S2. The predicted molar refractivity (Wildman–Crippen MR) is 99.6 cm³/mol. The van der Waals surface area contributed by atoms with E-state index in [1.54, 1.807) is 14.2 Å². The van der Waals surface area contributed by atoms with Gasteiger partial charge < -0.3 is 14.2 Å². The van der Waals surface area contributed by atoms with Crippen LogP contribution in [0, 0.1) is 0 Å². The van der Waals surface area contributed by atoms with Crippen LogP contribution in [0.15, 0.2) is 48.5 Å². The van der Waals surface area contributed by atoms with Gasteiger partial charge in [-0.2, -0.15) is 0 Å². The minimum atomic E-state index is 0.0610. The fraction of sp³-hybridized carbons (Fsp3) is 0.278. The van der Waals surface area contributed by atoms with Crippen molar-refractivity contribution in [3.05, 3.63) is 59.7 Å². The predicted octanol–water partition coefficient (Wildman–Crippen LogP) is 4.85. The van der Waals surface area contributed by atoms with Crippen LogP contribution < -0.4 is 9.47 Å². The molecule has 0 aliphatic rings. The Kier molecular flexibility index (Phi) is 6.74. The van der Waals surface area contributed by atoms with Crippen molar-refractivity contribution in [1.29, 1.82) is 0 Å². The van der Waals surface area contributed by atoms with E-state index in [1.165, 1.54) is 11.8 Å². The molecule has 2 aromatic rings. The maximum absolute atomic E-state index is 5.45. The number of thioether (sulfide) groups is 1. The first-order chi connectivity index (χ1) is 11.2. The van der Waals surface area contributed by atoms with Gasteiger partial charge in [0.05, 0.1) is 26.1 Å². The molecule has 0 N–H and O–H groups in total. The third kappa shape index (κ3) is 4.88. The minimum absolute atomic E-state index is 0.0610. The number of benzene rings is 2. The summed E-state index contributed by atoms with van der Waals surface area (Å²) in [6, 6.07) is 16.0. The molecule has 5 heteroatoms. The van der Waals surface area contributed by atoms with Crippen LogP contribution >= 0.6 is 24.0 Å². The average molecular weight is 348 g/mol. The molecule has 0 atom stereocenters. The van der Waals surface area contributed by atoms with Crippen LogP contribution in [0.25, 0.3) is 0 Å². The third-order valence-electron chi connectivity index (χ3n) is 3.31.